The number of hydrogen-bond donors (Lipinski definition) is 1. The Balaban J connectivity index is 2.42. The third kappa shape index (κ3) is 1.65. The first kappa shape index (κ1) is 10.3. The zero-order chi connectivity index (χ0) is 11.7. The van der Waals surface area contributed by atoms with Gasteiger partial charge in [0.25, 0.3) is 0 Å². The lowest BCUT2D eigenvalue weighted by atomic mass is 10.1. The highest BCUT2D eigenvalue weighted by Crippen LogP contribution is 2.20. The van der Waals surface area contributed by atoms with Crippen LogP contribution in [0.15, 0.2) is 18.6 Å². The van der Waals surface area contributed by atoms with E-state index in [1.807, 2.05) is 14.0 Å². The highest BCUT2D eigenvalue weighted by Gasteiger charge is 2.10. The van der Waals surface area contributed by atoms with Gasteiger partial charge in [-0.15, -0.1) is 0 Å². The number of carboxylic acids is 1. The quantitative estimate of drug-likeness (QED) is 0.809. The number of nitrogens with zero attached hydrogens (tertiary/aromatic N) is 4. The van der Waals surface area contributed by atoms with E-state index in [0.717, 1.165) is 16.8 Å². The summed E-state index contributed by atoms with van der Waals surface area (Å²) in [5, 5.41) is 12.8. The second-order valence-corrected chi connectivity index (χ2v) is 3.37. The summed E-state index contributed by atoms with van der Waals surface area (Å²) < 4.78 is 1.74. The number of aromatic nitrogens is 4. The molecule has 0 radical (unpaired) electrons. The van der Waals surface area contributed by atoms with Crippen LogP contribution in [-0.2, 0) is 7.05 Å². The van der Waals surface area contributed by atoms with Crippen molar-refractivity contribution in [2.75, 3.05) is 0 Å². The van der Waals surface area contributed by atoms with Gasteiger partial charge in [-0.25, -0.2) is 14.8 Å². The van der Waals surface area contributed by atoms with Gasteiger partial charge in [0.2, 0.25) is 5.82 Å². The SMILES string of the molecule is Cc1c(-c2cnc(C(=O)O)nc2)cnn1C. The minimum atomic E-state index is -1.13. The van der Waals surface area contributed by atoms with Gasteiger partial charge in [-0.1, -0.05) is 0 Å². The van der Waals surface area contributed by atoms with Gasteiger partial charge in [-0.05, 0) is 6.92 Å². The van der Waals surface area contributed by atoms with Crippen LogP contribution in [0.4, 0.5) is 0 Å². The van der Waals surface area contributed by atoms with Crippen molar-refractivity contribution in [2.24, 2.45) is 7.05 Å². The molecule has 1 N–H and O–H groups in total. The van der Waals surface area contributed by atoms with Crippen LogP contribution >= 0.6 is 0 Å². The van der Waals surface area contributed by atoms with Gasteiger partial charge in [-0.3, -0.25) is 4.68 Å². The summed E-state index contributed by atoms with van der Waals surface area (Å²) in [6.45, 7) is 1.92. The van der Waals surface area contributed by atoms with E-state index in [2.05, 4.69) is 15.1 Å². The van der Waals surface area contributed by atoms with Crippen molar-refractivity contribution < 1.29 is 9.90 Å². The van der Waals surface area contributed by atoms with Gasteiger partial charge in [0.15, 0.2) is 0 Å². The summed E-state index contributed by atoms with van der Waals surface area (Å²) in [5.41, 5.74) is 2.64. The Labute approximate surface area is 91.6 Å². The molecule has 0 aliphatic rings. The maximum atomic E-state index is 10.6. The lowest BCUT2D eigenvalue weighted by Gasteiger charge is -2.00. The Kier molecular flexibility index (Phi) is 2.40. The van der Waals surface area contributed by atoms with Gasteiger partial charge in [0, 0.05) is 36.3 Å². The molecule has 2 rings (SSSR count). The number of aryl methyl sites for hydroxylation is 1. The van der Waals surface area contributed by atoms with E-state index in [9.17, 15) is 4.79 Å². The predicted octanol–water partition coefficient (Wildman–Crippen LogP) is 0.884. The van der Waals surface area contributed by atoms with E-state index < -0.39 is 5.97 Å². The van der Waals surface area contributed by atoms with Gasteiger partial charge in [-0.2, -0.15) is 5.10 Å². The van der Waals surface area contributed by atoms with Crippen LogP contribution in [0.5, 0.6) is 0 Å². The minimum Gasteiger partial charge on any atom is -0.475 e. The third-order valence-electron chi connectivity index (χ3n) is 2.39. The van der Waals surface area contributed by atoms with Crippen molar-refractivity contribution in [2.45, 2.75) is 6.92 Å². The Bertz CT molecular complexity index is 530. The van der Waals surface area contributed by atoms with Gasteiger partial charge in [0.1, 0.15) is 0 Å². The van der Waals surface area contributed by atoms with Crippen molar-refractivity contribution in [1.82, 2.24) is 19.7 Å². The highest BCUT2D eigenvalue weighted by atomic mass is 16.4. The molecule has 0 aliphatic carbocycles. The molecule has 0 bridgehead atoms. The lowest BCUT2D eigenvalue weighted by Crippen LogP contribution is -2.03. The molecule has 0 saturated carbocycles. The zero-order valence-corrected chi connectivity index (χ0v) is 8.88. The fourth-order valence-electron chi connectivity index (χ4n) is 1.36. The highest BCUT2D eigenvalue weighted by molar-refractivity contribution is 5.83. The largest absolute Gasteiger partial charge is 0.475 e. The Morgan fingerprint density at radius 2 is 1.94 bits per heavy atom. The normalized spacial score (nSPS) is 10.4. The molecule has 0 saturated heterocycles. The van der Waals surface area contributed by atoms with Crippen molar-refractivity contribution in [3.05, 3.63) is 30.1 Å². The number of aromatic carboxylic acids is 1. The van der Waals surface area contributed by atoms with Crippen LogP contribution in [0, 0.1) is 6.92 Å². The summed E-state index contributed by atoms with van der Waals surface area (Å²) in [5.74, 6) is -1.33. The van der Waals surface area contributed by atoms with E-state index in [0.29, 0.717) is 0 Å². The molecule has 16 heavy (non-hydrogen) atoms. The predicted molar refractivity (Wildman–Crippen MR) is 55.9 cm³/mol. The third-order valence-corrected chi connectivity index (χ3v) is 2.39. The molecule has 0 spiro atoms. The fraction of sp³-hybridized carbons (Fsp3) is 0.200. The first-order chi connectivity index (χ1) is 7.59. The number of hydrogen-bond acceptors (Lipinski definition) is 4. The number of carbonyl (C=O) groups is 1. The molecule has 0 aliphatic heterocycles. The molecule has 0 aromatic carbocycles. The van der Waals surface area contributed by atoms with E-state index in [-0.39, 0.29) is 5.82 Å². The van der Waals surface area contributed by atoms with Crippen molar-refractivity contribution in [3.8, 4) is 11.1 Å². The standard InChI is InChI=1S/C10H10N4O2/c1-6-8(5-13-14(6)2)7-3-11-9(10(15)16)12-4-7/h3-5H,1-2H3,(H,15,16). The first-order valence-corrected chi connectivity index (χ1v) is 4.64. The van der Waals surface area contributed by atoms with Crippen molar-refractivity contribution >= 4 is 5.97 Å². The van der Waals surface area contributed by atoms with Crippen LogP contribution in [0.25, 0.3) is 11.1 Å². The summed E-state index contributed by atoms with van der Waals surface area (Å²) in [4.78, 5) is 18.1. The van der Waals surface area contributed by atoms with Crippen LogP contribution in [0.3, 0.4) is 0 Å². The molecule has 6 heteroatoms. The maximum absolute atomic E-state index is 10.6. The first-order valence-electron chi connectivity index (χ1n) is 4.64. The molecule has 82 valence electrons. The van der Waals surface area contributed by atoms with E-state index in [1.165, 1.54) is 12.4 Å². The van der Waals surface area contributed by atoms with Gasteiger partial charge in [0.05, 0.1) is 6.20 Å². The molecular weight excluding hydrogens is 208 g/mol. The zero-order valence-electron chi connectivity index (χ0n) is 8.88. The molecule has 0 unspecified atom stereocenters. The van der Waals surface area contributed by atoms with E-state index >= 15 is 0 Å². The number of carboxylic acid groups (broad SMARTS) is 1. The van der Waals surface area contributed by atoms with Crippen LogP contribution in [-0.4, -0.2) is 30.8 Å². The van der Waals surface area contributed by atoms with E-state index in [4.69, 9.17) is 5.11 Å². The van der Waals surface area contributed by atoms with Crippen LogP contribution < -0.4 is 0 Å². The number of rotatable bonds is 2. The average molecular weight is 218 g/mol. The van der Waals surface area contributed by atoms with Crippen LogP contribution in [0.1, 0.15) is 16.3 Å². The second-order valence-electron chi connectivity index (χ2n) is 3.37. The Morgan fingerprint density at radius 1 is 1.31 bits per heavy atom. The molecule has 2 aromatic rings. The van der Waals surface area contributed by atoms with Crippen molar-refractivity contribution in [3.63, 3.8) is 0 Å². The smallest absolute Gasteiger partial charge is 0.373 e. The summed E-state index contributed by atoms with van der Waals surface area (Å²) in [6, 6.07) is 0. The summed E-state index contributed by atoms with van der Waals surface area (Å²) >= 11 is 0. The van der Waals surface area contributed by atoms with Gasteiger partial charge < -0.3 is 5.11 Å². The molecule has 6 nitrogen and oxygen atoms in total. The Morgan fingerprint density at radius 3 is 2.38 bits per heavy atom. The summed E-state index contributed by atoms with van der Waals surface area (Å²) in [6.07, 6.45) is 4.68. The van der Waals surface area contributed by atoms with Crippen molar-refractivity contribution in [1.29, 1.82) is 0 Å². The molecule has 0 fully saturated rings. The monoisotopic (exact) mass is 218 g/mol. The molecule has 0 amide bonds. The second kappa shape index (κ2) is 3.73. The Hall–Kier alpha value is -2.24. The molecule has 2 aromatic heterocycles. The topological polar surface area (TPSA) is 80.9 Å². The average Bonchev–Trinajstić information content (AvgIpc) is 2.60. The van der Waals surface area contributed by atoms with Crippen LogP contribution in [0.2, 0.25) is 0 Å². The molecule has 0 atom stereocenters. The maximum Gasteiger partial charge on any atom is 0.373 e. The van der Waals surface area contributed by atoms with E-state index in [1.54, 1.807) is 10.9 Å². The lowest BCUT2D eigenvalue weighted by molar-refractivity contribution is 0.0683. The fourth-order valence-corrected chi connectivity index (χ4v) is 1.36. The minimum absolute atomic E-state index is 0.203. The molecular formula is C10H10N4O2. The summed E-state index contributed by atoms with van der Waals surface area (Å²) in [7, 11) is 1.84. The molecule has 2 heterocycles. The van der Waals surface area contributed by atoms with Gasteiger partial charge >= 0.3 is 5.97 Å².